The Hall–Kier alpha value is -1.79. The van der Waals surface area contributed by atoms with Gasteiger partial charge in [0, 0.05) is 24.7 Å². The summed E-state index contributed by atoms with van der Waals surface area (Å²) < 4.78 is 0. The highest BCUT2D eigenvalue weighted by atomic mass is 35.5. The zero-order valence-electron chi connectivity index (χ0n) is 14.3. The summed E-state index contributed by atoms with van der Waals surface area (Å²) in [7, 11) is 0. The molecule has 0 saturated carbocycles. The fourth-order valence-electron chi connectivity index (χ4n) is 3.83. The van der Waals surface area contributed by atoms with Crippen molar-refractivity contribution in [2.24, 2.45) is 5.92 Å². The normalized spacial score (nSPS) is 25.6. The van der Waals surface area contributed by atoms with Crippen LogP contribution < -0.4 is 0 Å². The van der Waals surface area contributed by atoms with Gasteiger partial charge in [-0.1, -0.05) is 23.2 Å². The highest BCUT2D eigenvalue weighted by Gasteiger charge is 2.43. The van der Waals surface area contributed by atoms with E-state index in [9.17, 15) is 19.5 Å². The summed E-state index contributed by atoms with van der Waals surface area (Å²) in [4.78, 5) is 40.3. The van der Waals surface area contributed by atoms with Gasteiger partial charge in [-0.25, -0.2) is 0 Å². The first-order valence-corrected chi connectivity index (χ1v) is 9.36. The number of hydrogen-bond acceptors (Lipinski definition) is 3. The van der Waals surface area contributed by atoms with Gasteiger partial charge in [-0.05, 0) is 44.4 Å². The molecule has 26 heavy (non-hydrogen) atoms. The number of amides is 2. The molecule has 3 unspecified atom stereocenters. The Morgan fingerprint density at radius 3 is 2.42 bits per heavy atom. The van der Waals surface area contributed by atoms with Crippen LogP contribution in [-0.2, 0) is 9.59 Å². The van der Waals surface area contributed by atoms with Crippen molar-refractivity contribution in [2.75, 3.05) is 13.1 Å². The third-order valence-corrected chi connectivity index (χ3v) is 6.06. The van der Waals surface area contributed by atoms with Gasteiger partial charge in [0.1, 0.15) is 6.04 Å². The molecule has 1 N–H and O–H groups in total. The number of carboxylic acids is 1. The molecule has 3 rings (SSSR count). The number of carboxylic acid groups (broad SMARTS) is 1. The molecule has 140 valence electrons. The average molecular weight is 399 g/mol. The predicted molar refractivity (Wildman–Crippen MR) is 97.4 cm³/mol. The summed E-state index contributed by atoms with van der Waals surface area (Å²) in [6.45, 7) is 2.64. The standard InChI is InChI=1S/C18H20Cl2N2O4/c1-10-12(18(25)26)6-8-21(10)17(24)15-3-2-7-22(15)16(23)11-4-5-13(19)14(20)9-11/h4-5,9-10,12,15H,2-3,6-8H2,1H3,(H,25,26). The van der Waals surface area contributed by atoms with Gasteiger partial charge in [0.15, 0.2) is 0 Å². The van der Waals surface area contributed by atoms with Crippen LogP contribution in [0.5, 0.6) is 0 Å². The molecule has 0 spiro atoms. The van der Waals surface area contributed by atoms with Crippen molar-refractivity contribution in [3.05, 3.63) is 33.8 Å². The summed E-state index contributed by atoms with van der Waals surface area (Å²) in [5.41, 5.74) is 0.386. The lowest BCUT2D eigenvalue weighted by molar-refractivity contribution is -0.143. The van der Waals surface area contributed by atoms with E-state index in [2.05, 4.69) is 0 Å². The van der Waals surface area contributed by atoms with Gasteiger partial charge in [-0.3, -0.25) is 14.4 Å². The maximum absolute atomic E-state index is 13.0. The molecule has 1 aromatic carbocycles. The third-order valence-electron chi connectivity index (χ3n) is 5.32. The Balaban J connectivity index is 1.77. The molecule has 2 aliphatic rings. The quantitative estimate of drug-likeness (QED) is 0.848. The lowest BCUT2D eigenvalue weighted by Crippen LogP contribution is -2.49. The summed E-state index contributed by atoms with van der Waals surface area (Å²) in [5, 5.41) is 9.91. The van der Waals surface area contributed by atoms with Crippen molar-refractivity contribution in [2.45, 2.75) is 38.3 Å². The summed E-state index contributed by atoms with van der Waals surface area (Å²) in [6, 6.07) is 3.72. The first-order valence-electron chi connectivity index (χ1n) is 8.60. The van der Waals surface area contributed by atoms with Gasteiger partial charge in [0.25, 0.3) is 5.91 Å². The lowest BCUT2D eigenvalue weighted by atomic mass is 10.0. The molecule has 2 heterocycles. The number of rotatable bonds is 3. The fraction of sp³-hybridized carbons (Fsp3) is 0.500. The number of aliphatic carboxylic acids is 1. The van der Waals surface area contributed by atoms with Crippen molar-refractivity contribution in [3.8, 4) is 0 Å². The van der Waals surface area contributed by atoms with Crippen LogP contribution >= 0.6 is 23.2 Å². The van der Waals surface area contributed by atoms with Crippen LogP contribution in [0.15, 0.2) is 18.2 Å². The minimum absolute atomic E-state index is 0.174. The number of likely N-dealkylation sites (tertiary alicyclic amines) is 2. The Kier molecular flexibility index (Phi) is 5.44. The van der Waals surface area contributed by atoms with Crippen LogP contribution in [0, 0.1) is 5.92 Å². The van der Waals surface area contributed by atoms with Crippen molar-refractivity contribution >= 4 is 41.0 Å². The van der Waals surface area contributed by atoms with Gasteiger partial charge in [-0.2, -0.15) is 0 Å². The van der Waals surface area contributed by atoms with Crippen LogP contribution in [0.25, 0.3) is 0 Å². The number of carbonyl (C=O) groups is 3. The van der Waals surface area contributed by atoms with Crippen molar-refractivity contribution in [1.82, 2.24) is 9.80 Å². The second kappa shape index (κ2) is 7.45. The monoisotopic (exact) mass is 398 g/mol. The van der Waals surface area contributed by atoms with Crippen LogP contribution in [0.1, 0.15) is 36.5 Å². The van der Waals surface area contributed by atoms with E-state index in [1.54, 1.807) is 28.9 Å². The molecule has 2 aliphatic heterocycles. The zero-order chi connectivity index (χ0) is 19.0. The molecule has 0 aliphatic carbocycles. The third kappa shape index (κ3) is 3.40. The van der Waals surface area contributed by atoms with E-state index in [0.717, 1.165) is 6.42 Å². The highest BCUT2D eigenvalue weighted by molar-refractivity contribution is 6.42. The van der Waals surface area contributed by atoms with Crippen molar-refractivity contribution in [3.63, 3.8) is 0 Å². The Labute approximate surface area is 161 Å². The van der Waals surface area contributed by atoms with Gasteiger partial charge >= 0.3 is 5.97 Å². The average Bonchev–Trinajstić information content (AvgIpc) is 3.22. The summed E-state index contributed by atoms with van der Waals surface area (Å²) in [6.07, 6.45) is 1.75. The molecule has 2 fully saturated rings. The van der Waals surface area contributed by atoms with E-state index in [1.165, 1.54) is 6.07 Å². The topological polar surface area (TPSA) is 77.9 Å². The molecule has 0 aromatic heterocycles. The molecular formula is C18H20Cl2N2O4. The predicted octanol–water partition coefficient (Wildman–Crippen LogP) is 2.92. The molecule has 0 radical (unpaired) electrons. The van der Waals surface area contributed by atoms with E-state index in [-0.39, 0.29) is 22.9 Å². The largest absolute Gasteiger partial charge is 0.481 e. The maximum Gasteiger partial charge on any atom is 0.308 e. The molecule has 2 saturated heterocycles. The SMILES string of the molecule is CC1C(C(=O)O)CCN1C(=O)C1CCCN1C(=O)c1ccc(Cl)c(Cl)c1. The van der Waals surface area contributed by atoms with Crippen molar-refractivity contribution < 1.29 is 19.5 Å². The smallest absolute Gasteiger partial charge is 0.308 e. The van der Waals surface area contributed by atoms with E-state index in [0.29, 0.717) is 36.5 Å². The zero-order valence-corrected chi connectivity index (χ0v) is 15.8. The molecular weight excluding hydrogens is 379 g/mol. The molecule has 2 amide bonds. The highest BCUT2D eigenvalue weighted by Crippen LogP contribution is 2.30. The molecule has 0 bridgehead atoms. The first kappa shape index (κ1) is 19.0. The number of hydrogen-bond donors (Lipinski definition) is 1. The summed E-state index contributed by atoms with van der Waals surface area (Å²) >= 11 is 11.9. The second-order valence-corrected chi connectivity index (χ2v) is 7.61. The minimum Gasteiger partial charge on any atom is -0.481 e. The first-order chi connectivity index (χ1) is 12.3. The molecule has 6 nitrogen and oxygen atoms in total. The van der Waals surface area contributed by atoms with Crippen LogP contribution in [0.3, 0.4) is 0 Å². The minimum atomic E-state index is -0.886. The lowest BCUT2D eigenvalue weighted by Gasteiger charge is -2.31. The number of carbonyl (C=O) groups excluding carboxylic acids is 2. The second-order valence-electron chi connectivity index (χ2n) is 6.79. The van der Waals surface area contributed by atoms with Gasteiger partial charge < -0.3 is 14.9 Å². The number of benzene rings is 1. The van der Waals surface area contributed by atoms with Gasteiger partial charge in [-0.15, -0.1) is 0 Å². The van der Waals surface area contributed by atoms with E-state index in [4.69, 9.17) is 23.2 Å². The van der Waals surface area contributed by atoms with Crippen molar-refractivity contribution in [1.29, 1.82) is 0 Å². The van der Waals surface area contributed by atoms with E-state index < -0.39 is 17.9 Å². The van der Waals surface area contributed by atoms with Crippen LogP contribution in [-0.4, -0.2) is 57.9 Å². The fourth-order valence-corrected chi connectivity index (χ4v) is 4.13. The number of nitrogens with zero attached hydrogens (tertiary/aromatic N) is 2. The maximum atomic E-state index is 13.0. The number of halogens is 2. The summed E-state index contributed by atoms with van der Waals surface area (Å²) in [5.74, 6) is -1.88. The Morgan fingerprint density at radius 1 is 1.08 bits per heavy atom. The van der Waals surface area contributed by atoms with E-state index in [1.807, 2.05) is 0 Å². The van der Waals surface area contributed by atoms with Crippen LogP contribution in [0.2, 0.25) is 10.0 Å². The van der Waals surface area contributed by atoms with Gasteiger partial charge in [0.2, 0.25) is 5.91 Å². The Morgan fingerprint density at radius 2 is 1.81 bits per heavy atom. The Bertz CT molecular complexity index is 755. The molecule has 3 atom stereocenters. The van der Waals surface area contributed by atoms with E-state index >= 15 is 0 Å². The molecule has 8 heteroatoms. The van der Waals surface area contributed by atoms with Gasteiger partial charge in [0.05, 0.1) is 16.0 Å². The van der Waals surface area contributed by atoms with Crippen LogP contribution in [0.4, 0.5) is 0 Å². The molecule has 1 aromatic rings.